The number of carbonyl (C=O) groups excluding carboxylic acids is 2. The van der Waals surface area contributed by atoms with Crippen LogP contribution in [0.1, 0.15) is 13.8 Å². The van der Waals surface area contributed by atoms with Crippen molar-refractivity contribution in [2.75, 3.05) is 25.5 Å². The Kier molecular flexibility index (Phi) is 6.11. The van der Waals surface area contributed by atoms with Gasteiger partial charge in [-0.15, -0.1) is 0 Å². The predicted molar refractivity (Wildman–Crippen MR) is 75.8 cm³/mol. The van der Waals surface area contributed by atoms with Crippen LogP contribution in [0.25, 0.3) is 0 Å². The standard InChI is InChI=1S/C14H20FN3O2/c1-4-16-14(20)10(2)18(3)9-13(19)17-12-7-5-6-11(15)8-12/h5-8,10H,4,9H2,1-3H3,(H,16,20)(H,17,19)/t10-/m0/s1. The molecule has 0 saturated heterocycles. The first kappa shape index (κ1) is 16.1. The third kappa shape index (κ3) is 4.97. The highest BCUT2D eigenvalue weighted by Gasteiger charge is 2.19. The molecule has 2 amide bonds. The molecule has 1 aromatic rings. The Morgan fingerprint density at radius 3 is 2.70 bits per heavy atom. The molecule has 1 aromatic carbocycles. The van der Waals surface area contributed by atoms with Gasteiger partial charge in [0.15, 0.2) is 0 Å². The molecule has 0 saturated carbocycles. The fourth-order valence-corrected chi connectivity index (χ4v) is 1.65. The van der Waals surface area contributed by atoms with Crippen LogP contribution in [0.4, 0.5) is 10.1 Å². The van der Waals surface area contributed by atoms with E-state index in [0.717, 1.165) is 0 Å². The van der Waals surface area contributed by atoms with Crippen molar-refractivity contribution < 1.29 is 14.0 Å². The van der Waals surface area contributed by atoms with Crippen molar-refractivity contribution in [3.05, 3.63) is 30.1 Å². The smallest absolute Gasteiger partial charge is 0.238 e. The topological polar surface area (TPSA) is 61.4 Å². The molecule has 0 spiro atoms. The van der Waals surface area contributed by atoms with Gasteiger partial charge in [0.25, 0.3) is 0 Å². The van der Waals surface area contributed by atoms with Crippen molar-refractivity contribution in [3.8, 4) is 0 Å². The molecule has 0 unspecified atom stereocenters. The SMILES string of the molecule is CCNC(=O)[C@H](C)N(C)CC(=O)Nc1cccc(F)c1. The largest absolute Gasteiger partial charge is 0.355 e. The van der Waals surface area contributed by atoms with Crippen molar-refractivity contribution >= 4 is 17.5 Å². The third-order valence-corrected chi connectivity index (χ3v) is 2.89. The predicted octanol–water partition coefficient (Wildman–Crippen LogP) is 1.22. The summed E-state index contributed by atoms with van der Waals surface area (Å²) in [6, 6.07) is 5.26. The summed E-state index contributed by atoms with van der Waals surface area (Å²) in [5, 5.41) is 5.28. The highest BCUT2D eigenvalue weighted by molar-refractivity contribution is 5.92. The number of amides is 2. The molecule has 1 rings (SSSR count). The summed E-state index contributed by atoms with van der Waals surface area (Å²) in [6.07, 6.45) is 0. The number of rotatable bonds is 6. The first-order valence-corrected chi connectivity index (χ1v) is 6.47. The van der Waals surface area contributed by atoms with E-state index in [2.05, 4.69) is 10.6 Å². The molecule has 2 N–H and O–H groups in total. The Morgan fingerprint density at radius 1 is 1.40 bits per heavy atom. The molecule has 1 atom stereocenters. The molecule has 0 aliphatic heterocycles. The molecular weight excluding hydrogens is 261 g/mol. The number of hydrogen-bond acceptors (Lipinski definition) is 3. The van der Waals surface area contributed by atoms with Crippen molar-refractivity contribution in [1.29, 1.82) is 0 Å². The average molecular weight is 281 g/mol. The van der Waals surface area contributed by atoms with E-state index in [0.29, 0.717) is 12.2 Å². The van der Waals surface area contributed by atoms with Crippen LogP contribution in [-0.4, -0.2) is 42.9 Å². The van der Waals surface area contributed by atoms with Gasteiger partial charge >= 0.3 is 0 Å². The zero-order valence-corrected chi connectivity index (χ0v) is 11.9. The number of carbonyl (C=O) groups is 2. The van der Waals surface area contributed by atoms with Crippen LogP contribution in [0.5, 0.6) is 0 Å². The van der Waals surface area contributed by atoms with E-state index in [-0.39, 0.29) is 18.4 Å². The molecule has 0 fully saturated rings. The Morgan fingerprint density at radius 2 is 2.10 bits per heavy atom. The van der Waals surface area contributed by atoms with E-state index < -0.39 is 11.9 Å². The zero-order chi connectivity index (χ0) is 15.1. The Balaban J connectivity index is 2.51. The fraction of sp³-hybridized carbons (Fsp3) is 0.429. The van der Waals surface area contributed by atoms with Gasteiger partial charge < -0.3 is 10.6 Å². The van der Waals surface area contributed by atoms with Gasteiger partial charge in [-0.25, -0.2) is 4.39 Å². The summed E-state index contributed by atoms with van der Waals surface area (Å²) in [6.45, 7) is 4.16. The van der Waals surface area contributed by atoms with Crippen LogP contribution in [-0.2, 0) is 9.59 Å². The number of anilines is 1. The van der Waals surface area contributed by atoms with Crippen LogP contribution >= 0.6 is 0 Å². The second kappa shape index (κ2) is 7.59. The molecule has 0 aromatic heterocycles. The minimum Gasteiger partial charge on any atom is -0.355 e. The number of benzene rings is 1. The third-order valence-electron chi connectivity index (χ3n) is 2.89. The average Bonchev–Trinajstić information content (AvgIpc) is 2.37. The van der Waals surface area contributed by atoms with E-state index in [4.69, 9.17) is 0 Å². The zero-order valence-electron chi connectivity index (χ0n) is 11.9. The maximum atomic E-state index is 13.0. The fourth-order valence-electron chi connectivity index (χ4n) is 1.65. The molecule has 6 heteroatoms. The lowest BCUT2D eigenvalue weighted by Gasteiger charge is -2.23. The van der Waals surface area contributed by atoms with Gasteiger partial charge in [0.1, 0.15) is 5.82 Å². The van der Waals surface area contributed by atoms with Crippen molar-refractivity contribution in [1.82, 2.24) is 10.2 Å². The van der Waals surface area contributed by atoms with Crippen LogP contribution in [0, 0.1) is 5.82 Å². The number of nitrogens with zero attached hydrogens (tertiary/aromatic N) is 1. The van der Waals surface area contributed by atoms with E-state index in [1.807, 2.05) is 6.92 Å². The molecule has 0 bridgehead atoms. The molecule has 5 nitrogen and oxygen atoms in total. The summed E-state index contributed by atoms with van der Waals surface area (Å²) in [7, 11) is 1.69. The van der Waals surface area contributed by atoms with Crippen LogP contribution in [0.2, 0.25) is 0 Å². The second-order valence-corrected chi connectivity index (χ2v) is 4.54. The van der Waals surface area contributed by atoms with Crippen LogP contribution in [0.3, 0.4) is 0 Å². The van der Waals surface area contributed by atoms with Gasteiger partial charge in [0.2, 0.25) is 11.8 Å². The molecule has 20 heavy (non-hydrogen) atoms. The van der Waals surface area contributed by atoms with Crippen molar-refractivity contribution in [2.24, 2.45) is 0 Å². The van der Waals surface area contributed by atoms with Gasteiger partial charge in [-0.05, 0) is 39.1 Å². The quantitative estimate of drug-likeness (QED) is 0.824. The first-order valence-electron chi connectivity index (χ1n) is 6.47. The summed E-state index contributed by atoms with van der Waals surface area (Å²) in [5.74, 6) is -0.838. The summed E-state index contributed by atoms with van der Waals surface area (Å²) in [5.41, 5.74) is 0.397. The highest BCUT2D eigenvalue weighted by atomic mass is 19.1. The first-order chi connectivity index (χ1) is 9.43. The minimum atomic E-state index is -0.410. The maximum Gasteiger partial charge on any atom is 0.238 e. The Hall–Kier alpha value is -1.95. The van der Waals surface area contributed by atoms with E-state index in [1.54, 1.807) is 24.9 Å². The molecular formula is C14H20FN3O2. The summed E-state index contributed by atoms with van der Waals surface area (Å²) in [4.78, 5) is 25.1. The van der Waals surface area contributed by atoms with Gasteiger partial charge in [-0.2, -0.15) is 0 Å². The monoisotopic (exact) mass is 281 g/mol. The van der Waals surface area contributed by atoms with Crippen molar-refractivity contribution in [3.63, 3.8) is 0 Å². The van der Waals surface area contributed by atoms with Gasteiger partial charge in [0.05, 0.1) is 12.6 Å². The van der Waals surface area contributed by atoms with E-state index >= 15 is 0 Å². The van der Waals surface area contributed by atoms with Crippen LogP contribution < -0.4 is 10.6 Å². The normalized spacial score (nSPS) is 12.1. The summed E-state index contributed by atoms with van der Waals surface area (Å²) < 4.78 is 13.0. The van der Waals surface area contributed by atoms with Gasteiger partial charge in [-0.3, -0.25) is 14.5 Å². The van der Waals surface area contributed by atoms with Gasteiger partial charge in [-0.1, -0.05) is 6.07 Å². The van der Waals surface area contributed by atoms with Gasteiger partial charge in [0, 0.05) is 12.2 Å². The number of halogens is 1. The number of hydrogen-bond donors (Lipinski definition) is 2. The maximum absolute atomic E-state index is 13.0. The molecule has 0 aliphatic rings. The lowest BCUT2D eigenvalue weighted by atomic mass is 10.2. The van der Waals surface area contributed by atoms with Crippen molar-refractivity contribution in [2.45, 2.75) is 19.9 Å². The minimum absolute atomic E-state index is 0.0504. The number of nitrogens with one attached hydrogen (secondary N) is 2. The van der Waals surface area contributed by atoms with E-state index in [9.17, 15) is 14.0 Å². The van der Waals surface area contributed by atoms with Crippen LogP contribution in [0.15, 0.2) is 24.3 Å². The molecule has 0 radical (unpaired) electrons. The molecule has 110 valence electrons. The molecule has 0 heterocycles. The summed E-state index contributed by atoms with van der Waals surface area (Å²) >= 11 is 0. The second-order valence-electron chi connectivity index (χ2n) is 4.54. The Bertz CT molecular complexity index is 479. The highest BCUT2D eigenvalue weighted by Crippen LogP contribution is 2.09. The molecule has 0 aliphatic carbocycles. The lowest BCUT2D eigenvalue weighted by molar-refractivity contribution is -0.126. The van der Waals surface area contributed by atoms with E-state index in [1.165, 1.54) is 18.2 Å². The number of likely N-dealkylation sites (N-methyl/N-ethyl adjacent to an activating group) is 2. The lowest BCUT2D eigenvalue weighted by Crippen LogP contribution is -2.45. The Labute approximate surface area is 118 Å².